The van der Waals surface area contributed by atoms with Crippen LogP contribution in [0.3, 0.4) is 0 Å². The van der Waals surface area contributed by atoms with Gasteiger partial charge in [0.2, 0.25) is 0 Å². The molecule has 2 aromatic rings. The van der Waals surface area contributed by atoms with Crippen LogP contribution >= 0.6 is 11.6 Å². The van der Waals surface area contributed by atoms with Crippen LogP contribution < -0.4 is 5.32 Å². The lowest BCUT2D eigenvalue weighted by Gasteiger charge is -2.43. The number of hydrogen-bond donors (Lipinski definition) is 1. The fourth-order valence-corrected chi connectivity index (χ4v) is 2.86. The average Bonchev–Trinajstić information content (AvgIpc) is 2.36. The van der Waals surface area contributed by atoms with E-state index in [1.54, 1.807) is 0 Å². The molecule has 0 saturated carbocycles. The summed E-state index contributed by atoms with van der Waals surface area (Å²) in [6.07, 6.45) is 0.903. The van der Waals surface area contributed by atoms with Crippen molar-refractivity contribution < 1.29 is 4.39 Å². The van der Waals surface area contributed by atoms with E-state index in [4.69, 9.17) is 11.6 Å². The Morgan fingerprint density at radius 2 is 1.84 bits per heavy atom. The van der Waals surface area contributed by atoms with Gasteiger partial charge in [0.1, 0.15) is 5.82 Å². The van der Waals surface area contributed by atoms with Crippen molar-refractivity contribution in [2.45, 2.75) is 11.8 Å². The van der Waals surface area contributed by atoms with Crippen molar-refractivity contribution in [2.24, 2.45) is 0 Å². The van der Waals surface area contributed by atoms with Crippen LogP contribution in [-0.4, -0.2) is 13.1 Å². The third-order valence-corrected chi connectivity index (χ3v) is 4.05. The van der Waals surface area contributed by atoms with Crippen LogP contribution in [0.1, 0.15) is 11.1 Å². The maximum atomic E-state index is 13.0. The topological polar surface area (TPSA) is 12.0 Å². The molecule has 2 aromatic carbocycles. The Morgan fingerprint density at radius 3 is 2.42 bits per heavy atom. The van der Waals surface area contributed by atoms with Crippen LogP contribution in [0.5, 0.6) is 0 Å². The molecule has 0 amide bonds. The summed E-state index contributed by atoms with van der Waals surface area (Å²) in [5.41, 5.74) is 2.49. The molecule has 1 nitrogen and oxygen atoms in total. The standard InChI is InChI=1S/C16H15ClFN/c17-14-3-1-2-13(8-14)16(10-19-11-16)9-12-4-6-15(18)7-5-12/h1-8,19H,9-11H2. The summed E-state index contributed by atoms with van der Waals surface area (Å²) < 4.78 is 13.0. The van der Waals surface area contributed by atoms with Gasteiger partial charge in [-0.1, -0.05) is 35.9 Å². The first kappa shape index (κ1) is 12.6. The maximum absolute atomic E-state index is 13.0. The molecule has 1 heterocycles. The lowest BCUT2D eigenvalue weighted by molar-refractivity contribution is 0.274. The van der Waals surface area contributed by atoms with Gasteiger partial charge in [-0.2, -0.15) is 0 Å². The minimum atomic E-state index is -0.188. The predicted molar refractivity (Wildman–Crippen MR) is 76.1 cm³/mol. The Hall–Kier alpha value is -1.38. The molecule has 3 rings (SSSR count). The molecule has 98 valence electrons. The number of hydrogen-bond acceptors (Lipinski definition) is 1. The monoisotopic (exact) mass is 275 g/mol. The molecule has 19 heavy (non-hydrogen) atoms. The fourth-order valence-electron chi connectivity index (χ4n) is 2.67. The summed E-state index contributed by atoms with van der Waals surface area (Å²) in [5.74, 6) is -0.188. The van der Waals surface area contributed by atoms with Crippen molar-refractivity contribution in [1.82, 2.24) is 5.32 Å². The zero-order valence-electron chi connectivity index (χ0n) is 10.5. The summed E-state index contributed by atoms with van der Waals surface area (Å²) in [7, 11) is 0. The maximum Gasteiger partial charge on any atom is 0.123 e. The van der Waals surface area contributed by atoms with Crippen LogP contribution in [-0.2, 0) is 11.8 Å². The van der Waals surface area contributed by atoms with Crippen molar-refractivity contribution in [1.29, 1.82) is 0 Å². The molecule has 1 aliphatic rings. The number of benzene rings is 2. The molecule has 1 fully saturated rings. The third-order valence-electron chi connectivity index (χ3n) is 3.82. The Kier molecular flexibility index (Phi) is 3.29. The minimum Gasteiger partial charge on any atom is -0.315 e. The van der Waals surface area contributed by atoms with Gasteiger partial charge in [-0.05, 0) is 41.8 Å². The van der Waals surface area contributed by atoms with Gasteiger partial charge in [0.15, 0.2) is 0 Å². The molecule has 0 atom stereocenters. The minimum absolute atomic E-state index is 0.0860. The summed E-state index contributed by atoms with van der Waals surface area (Å²) in [4.78, 5) is 0. The lowest BCUT2D eigenvalue weighted by atomic mass is 9.71. The first-order valence-corrected chi connectivity index (χ1v) is 6.77. The molecule has 0 spiro atoms. The van der Waals surface area contributed by atoms with Gasteiger partial charge in [-0.25, -0.2) is 4.39 Å². The van der Waals surface area contributed by atoms with E-state index in [2.05, 4.69) is 11.4 Å². The van der Waals surface area contributed by atoms with Crippen LogP contribution in [0.15, 0.2) is 48.5 Å². The lowest BCUT2D eigenvalue weighted by Crippen LogP contribution is -2.58. The molecule has 1 aliphatic heterocycles. The Morgan fingerprint density at radius 1 is 1.11 bits per heavy atom. The summed E-state index contributed by atoms with van der Waals surface area (Å²) >= 11 is 6.09. The second-order valence-corrected chi connectivity index (χ2v) is 5.63. The highest BCUT2D eigenvalue weighted by Crippen LogP contribution is 2.33. The number of halogens is 2. The van der Waals surface area contributed by atoms with E-state index in [0.29, 0.717) is 0 Å². The van der Waals surface area contributed by atoms with Gasteiger partial charge in [0.25, 0.3) is 0 Å². The van der Waals surface area contributed by atoms with E-state index in [-0.39, 0.29) is 11.2 Å². The van der Waals surface area contributed by atoms with Crippen LogP contribution in [0.25, 0.3) is 0 Å². The van der Waals surface area contributed by atoms with Crippen molar-refractivity contribution >= 4 is 11.6 Å². The summed E-state index contributed by atoms with van der Waals surface area (Å²) in [6, 6.07) is 14.8. The van der Waals surface area contributed by atoms with Gasteiger partial charge in [0.05, 0.1) is 0 Å². The van der Waals surface area contributed by atoms with Crippen molar-refractivity contribution in [3.63, 3.8) is 0 Å². The molecule has 0 aliphatic carbocycles. The Labute approximate surface area is 117 Å². The SMILES string of the molecule is Fc1ccc(CC2(c3cccc(Cl)c3)CNC2)cc1. The van der Waals surface area contributed by atoms with Crippen molar-refractivity contribution in [2.75, 3.05) is 13.1 Å². The Balaban J connectivity index is 1.89. The number of nitrogens with one attached hydrogen (secondary N) is 1. The predicted octanol–water partition coefficient (Wildman–Crippen LogP) is 3.56. The highest BCUT2D eigenvalue weighted by Gasteiger charge is 2.38. The third kappa shape index (κ3) is 2.51. The van der Waals surface area contributed by atoms with Gasteiger partial charge in [-0.3, -0.25) is 0 Å². The quantitative estimate of drug-likeness (QED) is 0.903. The smallest absolute Gasteiger partial charge is 0.123 e. The van der Waals surface area contributed by atoms with E-state index in [1.807, 2.05) is 30.3 Å². The fraction of sp³-hybridized carbons (Fsp3) is 0.250. The first-order valence-electron chi connectivity index (χ1n) is 6.39. The zero-order valence-corrected chi connectivity index (χ0v) is 11.3. The first-order chi connectivity index (χ1) is 9.18. The molecule has 0 radical (unpaired) electrons. The Bertz CT molecular complexity index is 576. The average molecular weight is 276 g/mol. The molecular formula is C16H15ClFN. The molecule has 0 aromatic heterocycles. The van der Waals surface area contributed by atoms with Crippen LogP contribution in [0.4, 0.5) is 4.39 Å². The molecular weight excluding hydrogens is 261 g/mol. The normalized spacial score (nSPS) is 16.9. The molecule has 1 N–H and O–H groups in total. The van der Waals surface area contributed by atoms with Gasteiger partial charge < -0.3 is 5.32 Å². The second kappa shape index (κ2) is 4.95. The summed E-state index contributed by atoms with van der Waals surface area (Å²) in [5, 5.41) is 4.10. The molecule has 3 heteroatoms. The van der Waals surface area contributed by atoms with Crippen molar-refractivity contribution in [3.8, 4) is 0 Å². The van der Waals surface area contributed by atoms with E-state index < -0.39 is 0 Å². The highest BCUT2D eigenvalue weighted by atomic mass is 35.5. The van der Waals surface area contributed by atoms with Crippen molar-refractivity contribution in [3.05, 3.63) is 70.5 Å². The zero-order chi connectivity index (χ0) is 13.3. The van der Waals surface area contributed by atoms with E-state index in [9.17, 15) is 4.39 Å². The largest absolute Gasteiger partial charge is 0.315 e. The number of rotatable bonds is 3. The van der Waals surface area contributed by atoms with E-state index in [0.717, 1.165) is 30.1 Å². The van der Waals surface area contributed by atoms with E-state index in [1.165, 1.54) is 17.7 Å². The van der Waals surface area contributed by atoms with E-state index >= 15 is 0 Å². The van der Waals surface area contributed by atoms with Gasteiger partial charge >= 0.3 is 0 Å². The molecule has 0 bridgehead atoms. The van der Waals surface area contributed by atoms with Gasteiger partial charge in [0, 0.05) is 23.5 Å². The second-order valence-electron chi connectivity index (χ2n) is 5.20. The highest BCUT2D eigenvalue weighted by molar-refractivity contribution is 6.30. The molecule has 0 unspecified atom stereocenters. The summed E-state index contributed by atoms with van der Waals surface area (Å²) in [6.45, 7) is 1.87. The molecule has 1 saturated heterocycles. The van der Waals surface area contributed by atoms with Crippen LogP contribution in [0.2, 0.25) is 5.02 Å². The van der Waals surface area contributed by atoms with Crippen LogP contribution in [0, 0.1) is 5.82 Å². The van der Waals surface area contributed by atoms with Gasteiger partial charge in [-0.15, -0.1) is 0 Å².